The van der Waals surface area contributed by atoms with Crippen molar-refractivity contribution in [1.29, 1.82) is 0 Å². The molecule has 9 nitrogen and oxygen atoms in total. The van der Waals surface area contributed by atoms with Crippen LogP contribution in [0.5, 0.6) is 0 Å². The van der Waals surface area contributed by atoms with Gasteiger partial charge in [0, 0.05) is 87.4 Å². The molecular formula is C29H35ClN8O. The van der Waals surface area contributed by atoms with Gasteiger partial charge in [0.25, 0.3) is 5.91 Å². The lowest BCUT2D eigenvalue weighted by molar-refractivity contribution is 0.0664. The number of para-hydroxylation sites is 1. The Labute approximate surface area is 234 Å². The Morgan fingerprint density at radius 2 is 1.77 bits per heavy atom. The number of amides is 1. The quantitative estimate of drug-likeness (QED) is 0.229. The number of rotatable bonds is 6. The molecule has 0 unspecified atom stereocenters. The minimum absolute atomic E-state index is 0.0471. The number of carbonyl (C=O) groups is 1. The zero-order chi connectivity index (χ0) is 27.5. The Morgan fingerprint density at radius 3 is 2.49 bits per heavy atom. The highest BCUT2D eigenvalue weighted by molar-refractivity contribution is 6.33. The number of azide groups is 1. The highest BCUT2D eigenvalue weighted by Gasteiger charge is 2.31. The Morgan fingerprint density at radius 1 is 1.03 bits per heavy atom. The fourth-order valence-corrected chi connectivity index (χ4v) is 5.92. The molecule has 204 valence electrons. The number of benzene rings is 2. The van der Waals surface area contributed by atoms with Crippen LogP contribution in [0.25, 0.3) is 10.4 Å². The van der Waals surface area contributed by atoms with E-state index in [4.69, 9.17) is 17.1 Å². The van der Waals surface area contributed by atoms with Gasteiger partial charge in [-0.15, -0.1) is 0 Å². The van der Waals surface area contributed by atoms with Gasteiger partial charge in [0.05, 0.1) is 10.7 Å². The van der Waals surface area contributed by atoms with E-state index in [1.807, 2.05) is 52.9 Å². The van der Waals surface area contributed by atoms with E-state index in [9.17, 15) is 4.79 Å². The second-order valence-corrected chi connectivity index (χ2v) is 10.8. The average molecular weight is 547 g/mol. The largest absolute Gasteiger partial charge is 0.368 e. The minimum atomic E-state index is 0.0471. The minimum Gasteiger partial charge on any atom is -0.368 e. The van der Waals surface area contributed by atoms with Crippen molar-refractivity contribution in [3.63, 3.8) is 0 Å². The Balaban J connectivity index is 1.22. The second-order valence-electron chi connectivity index (χ2n) is 10.4. The SMILES string of the molecule is Cc1c(CN2CCN(c3ccccc3Cl)CC2)cc(C(=O)N2CCN(c3cccc(N=[N+]=[N-])c3)C[C@@H]2C)n1C. The van der Waals surface area contributed by atoms with Crippen LogP contribution < -0.4 is 9.80 Å². The molecule has 2 fully saturated rings. The molecule has 3 aromatic rings. The summed E-state index contributed by atoms with van der Waals surface area (Å²) in [5.74, 6) is 0.0744. The third kappa shape index (κ3) is 5.71. The fourth-order valence-electron chi connectivity index (χ4n) is 5.67. The lowest BCUT2D eigenvalue weighted by Crippen LogP contribution is -2.54. The molecule has 10 heteroatoms. The molecule has 1 amide bonds. The van der Waals surface area contributed by atoms with Gasteiger partial charge in [-0.2, -0.15) is 0 Å². The number of aromatic nitrogens is 1. The van der Waals surface area contributed by atoms with Gasteiger partial charge < -0.3 is 19.3 Å². The maximum atomic E-state index is 13.7. The Bertz CT molecular complexity index is 1390. The summed E-state index contributed by atoms with van der Waals surface area (Å²) in [4.78, 5) is 25.6. The van der Waals surface area contributed by atoms with Crippen LogP contribution in [0.4, 0.5) is 17.1 Å². The van der Waals surface area contributed by atoms with E-state index in [1.54, 1.807) is 6.07 Å². The van der Waals surface area contributed by atoms with Crippen LogP contribution >= 0.6 is 11.6 Å². The molecule has 1 aromatic heterocycles. The Kier molecular flexibility index (Phi) is 8.02. The number of halogens is 1. The molecule has 0 radical (unpaired) electrons. The first-order chi connectivity index (χ1) is 18.9. The van der Waals surface area contributed by atoms with E-state index < -0.39 is 0 Å². The van der Waals surface area contributed by atoms with Crippen molar-refractivity contribution in [2.45, 2.75) is 26.4 Å². The zero-order valence-electron chi connectivity index (χ0n) is 22.8. The summed E-state index contributed by atoms with van der Waals surface area (Å²) < 4.78 is 2.04. The molecule has 0 bridgehead atoms. The van der Waals surface area contributed by atoms with Gasteiger partial charge in [-0.1, -0.05) is 41.0 Å². The summed E-state index contributed by atoms with van der Waals surface area (Å²) in [6.07, 6.45) is 0. The molecule has 1 atom stereocenters. The topological polar surface area (TPSA) is 83.7 Å². The summed E-state index contributed by atoms with van der Waals surface area (Å²) >= 11 is 6.41. The van der Waals surface area contributed by atoms with Crippen LogP contribution in [0, 0.1) is 6.92 Å². The summed E-state index contributed by atoms with van der Waals surface area (Å²) in [6.45, 7) is 10.8. The molecule has 0 spiro atoms. The van der Waals surface area contributed by atoms with Gasteiger partial charge in [-0.25, -0.2) is 0 Å². The van der Waals surface area contributed by atoms with Gasteiger partial charge in [0.1, 0.15) is 5.69 Å². The molecule has 0 saturated carbocycles. The van der Waals surface area contributed by atoms with Crippen molar-refractivity contribution >= 4 is 34.6 Å². The summed E-state index contributed by atoms with van der Waals surface area (Å²) in [5, 5.41) is 4.52. The zero-order valence-corrected chi connectivity index (χ0v) is 23.6. The monoisotopic (exact) mass is 546 g/mol. The molecule has 0 aliphatic carbocycles. The maximum Gasteiger partial charge on any atom is 0.270 e. The molecule has 2 saturated heterocycles. The molecule has 5 rings (SSSR count). The smallest absolute Gasteiger partial charge is 0.270 e. The van der Waals surface area contributed by atoms with Crippen molar-refractivity contribution < 1.29 is 4.79 Å². The average Bonchev–Trinajstić information content (AvgIpc) is 3.22. The molecule has 2 aliphatic rings. The van der Waals surface area contributed by atoms with E-state index in [0.717, 1.165) is 73.6 Å². The Hall–Kier alpha value is -3.65. The predicted octanol–water partition coefficient (Wildman–Crippen LogP) is 5.60. The van der Waals surface area contributed by atoms with Crippen LogP contribution in [0.2, 0.25) is 5.02 Å². The van der Waals surface area contributed by atoms with Crippen molar-refractivity contribution in [2.24, 2.45) is 12.2 Å². The first kappa shape index (κ1) is 26.9. The lowest BCUT2D eigenvalue weighted by atomic mass is 10.1. The number of hydrogen-bond donors (Lipinski definition) is 0. The molecule has 3 heterocycles. The molecule has 39 heavy (non-hydrogen) atoms. The van der Waals surface area contributed by atoms with Crippen LogP contribution in [-0.4, -0.2) is 72.1 Å². The van der Waals surface area contributed by atoms with Crippen LogP contribution in [0.1, 0.15) is 28.7 Å². The second kappa shape index (κ2) is 11.6. The first-order valence-electron chi connectivity index (χ1n) is 13.4. The van der Waals surface area contributed by atoms with E-state index >= 15 is 0 Å². The van der Waals surface area contributed by atoms with Crippen LogP contribution in [0.3, 0.4) is 0 Å². The third-order valence-corrected chi connectivity index (χ3v) is 8.38. The van der Waals surface area contributed by atoms with Gasteiger partial charge >= 0.3 is 0 Å². The predicted molar refractivity (Wildman–Crippen MR) is 157 cm³/mol. The lowest BCUT2D eigenvalue weighted by Gasteiger charge is -2.41. The number of carbonyl (C=O) groups excluding carboxylic acids is 1. The summed E-state index contributed by atoms with van der Waals surface area (Å²) in [6, 6.07) is 17.7. The van der Waals surface area contributed by atoms with Crippen molar-refractivity contribution in [3.8, 4) is 0 Å². The maximum absolute atomic E-state index is 13.7. The number of anilines is 2. The number of nitrogens with zero attached hydrogens (tertiary/aromatic N) is 8. The number of hydrogen-bond acceptors (Lipinski definition) is 5. The highest BCUT2D eigenvalue weighted by Crippen LogP contribution is 2.28. The van der Waals surface area contributed by atoms with E-state index in [-0.39, 0.29) is 11.9 Å². The van der Waals surface area contributed by atoms with Crippen LogP contribution in [-0.2, 0) is 13.6 Å². The fraction of sp³-hybridized carbons (Fsp3) is 0.414. The first-order valence-corrected chi connectivity index (χ1v) is 13.8. The van der Waals surface area contributed by atoms with E-state index in [1.165, 1.54) is 5.56 Å². The normalized spacial score (nSPS) is 18.3. The molecular weight excluding hydrogens is 512 g/mol. The molecule has 2 aliphatic heterocycles. The van der Waals surface area contributed by atoms with Gasteiger partial charge in [0.15, 0.2) is 0 Å². The number of piperazine rings is 2. The van der Waals surface area contributed by atoms with E-state index in [2.05, 4.69) is 50.7 Å². The highest BCUT2D eigenvalue weighted by atomic mass is 35.5. The third-order valence-electron chi connectivity index (χ3n) is 8.06. The van der Waals surface area contributed by atoms with Crippen LogP contribution in [0.15, 0.2) is 59.7 Å². The summed E-state index contributed by atoms with van der Waals surface area (Å²) in [7, 11) is 1.99. The summed E-state index contributed by atoms with van der Waals surface area (Å²) in [5.41, 5.74) is 14.5. The molecule has 2 aromatic carbocycles. The van der Waals surface area contributed by atoms with Gasteiger partial charge in [-0.3, -0.25) is 9.69 Å². The van der Waals surface area contributed by atoms with Crippen molar-refractivity contribution in [1.82, 2.24) is 14.4 Å². The van der Waals surface area contributed by atoms with Crippen molar-refractivity contribution in [3.05, 3.63) is 87.0 Å². The van der Waals surface area contributed by atoms with Gasteiger partial charge in [-0.05, 0) is 55.3 Å². The van der Waals surface area contributed by atoms with Crippen molar-refractivity contribution in [2.75, 3.05) is 55.6 Å². The van der Waals surface area contributed by atoms with E-state index in [0.29, 0.717) is 12.2 Å². The molecule has 0 N–H and O–H groups in total. The standard InChI is InChI=1S/C29H35ClN8O/c1-21-19-37(25-8-6-7-24(18-25)32-33-31)15-16-38(21)29(39)28-17-23(22(2)34(28)3)20-35-11-13-36(14-12-35)27-10-5-4-9-26(27)30/h4-10,17-18,21H,11-16,19-20H2,1-3H3/t21-/m0/s1. The van der Waals surface area contributed by atoms with Gasteiger partial charge in [0.2, 0.25) is 0 Å².